The summed E-state index contributed by atoms with van der Waals surface area (Å²) in [4.78, 5) is 0. The van der Waals surface area contributed by atoms with Gasteiger partial charge in [0.15, 0.2) is 0 Å². The van der Waals surface area contributed by atoms with Crippen molar-refractivity contribution in [2.45, 2.75) is 33.2 Å². The van der Waals surface area contributed by atoms with E-state index in [2.05, 4.69) is 19.2 Å². The number of hydrogen-bond donors (Lipinski definition) is 1. The van der Waals surface area contributed by atoms with Crippen LogP contribution in [0.25, 0.3) is 0 Å². The average Bonchev–Trinajstić information content (AvgIpc) is 3.02. The molecule has 1 fully saturated rings. The molecule has 0 aromatic heterocycles. The first kappa shape index (κ1) is 12.8. The van der Waals surface area contributed by atoms with Crippen LogP contribution in [0, 0.1) is 17.2 Å². The van der Waals surface area contributed by atoms with Crippen molar-refractivity contribution in [2.24, 2.45) is 11.3 Å². The van der Waals surface area contributed by atoms with Gasteiger partial charge in [-0.2, -0.15) is 0 Å². The third kappa shape index (κ3) is 2.99. The molecular formula is C14H19ClFN. The summed E-state index contributed by atoms with van der Waals surface area (Å²) in [6.07, 6.45) is 2.58. The van der Waals surface area contributed by atoms with Gasteiger partial charge in [0, 0.05) is 23.7 Å². The number of hydrogen-bond acceptors (Lipinski definition) is 1. The Balaban J connectivity index is 1.86. The van der Waals surface area contributed by atoms with Gasteiger partial charge in [-0.3, -0.25) is 0 Å². The van der Waals surface area contributed by atoms with E-state index in [-0.39, 0.29) is 5.82 Å². The molecule has 94 valence electrons. The van der Waals surface area contributed by atoms with E-state index in [4.69, 9.17) is 11.6 Å². The van der Waals surface area contributed by atoms with Gasteiger partial charge >= 0.3 is 0 Å². The van der Waals surface area contributed by atoms with Gasteiger partial charge in [0.25, 0.3) is 0 Å². The molecule has 1 aromatic carbocycles. The van der Waals surface area contributed by atoms with E-state index in [0.717, 1.165) is 6.54 Å². The zero-order chi connectivity index (χ0) is 12.5. The van der Waals surface area contributed by atoms with Crippen LogP contribution in [0.2, 0.25) is 5.02 Å². The van der Waals surface area contributed by atoms with Gasteiger partial charge in [0.2, 0.25) is 0 Å². The number of nitrogens with one attached hydrogen (secondary N) is 1. The summed E-state index contributed by atoms with van der Waals surface area (Å²) in [7, 11) is 0. The maximum Gasteiger partial charge on any atom is 0.129 e. The Bertz CT molecular complexity index is 399. The summed E-state index contributed by atoms with van der Waals surface area (Å²) in [6, 6.07) is 4.85. The van der Waals surface area contributed by atoms with Gasteiger partial charge in [-0.1, -0.05) is 31.5 Å². The molecule has 0 atom stereocenters. The average molecular weight is 256 g/mol. The molecule has 0 bridgehead atoms. The fourth-order valence-electron chi connectivity index (χ4n) is 2.23. The van der Waals surface area contributed by atoms with Crippen LogP contribution in [0.5, 0.6) is 0 Å². The molecular weight excluding hydrogens is 237 g/mol. The topological polar surface area (TPSA) is 12.0 Å². The van der Waals surface area contributed by atoms with E-state index >= 15 is 0 Å². The van der Waals surface area contributed by atoms with Gasteiger partial charge in [0.05, 0.1) is 0 Å². The molecule has 17 heavy (non-hydrogen) atoms. The lowest BCUT2D eigenvalue weighted by molar-refractivity contribution is 0.337. The normalized spacial score (nSPS) is 17.5. The van der Waals surface area contributed by atoms with Crippen molar-refractivity contribution < 1.29 is 4.39 Å². The van der Waals surface area contributed by atoms with E-state index in [1.54, 1.807) is 12.1 Å². The minimum atomic E-state index is -0.223. The lowest BCUT2D eigenvalue weighted by Crippen LogP contribution is -2.27. The SMILES string of the molecule is CC(C)C1(CNCc2ccc(Cl)cc2F)CC1. The standard InChI is InChI=1S/C14H19ClFN/c1-10(2)14(5-6-14)9-17-8-11-3-4-12(15)7-13(11)16/h3-4,7,10,17H,5-6,8-9H2,1-2H3. The summed E-state index contributed by atoms with van der Waals surface area (Å²) < 4.78 is 13.5. The Morgan fingerprint density at radius 3 is 2.65 bits per heavy atom. The molecule has 1 aliphatic carbocycles. The zero-order valence-electron chi connectivity index (χ0n) is 10.4. The van der Waals surface area contributed by atoms with E-state index in [0.29, 0.717) is 28.5 Å². The largest absolute Gasteiger partial charge is 0.312 e. The molecule has 0 saturated heterocycles. The molecule has 3 heteroatoms. The van der Waals surface area contributed by atoms with E-state index in [9.17, 15) is 4.39 Å². The van der Waals surface area contributed by atoms with Gasteiger partial charge in [-0.15, -0.1) is 0 Å². The van der Waals surface area contributed by atoms with Crippen LogP contribution in [0.4, 0.5) is 4.39 Å². The molecule has 0 radical (unpaired) electrons. The van der Waals surface area contributed by atoms with E-state index < -0.39 is 0 Å². The fraction of sp³-hybridized carbons (Fsp3) is 0.571. The Hall–Kier alpha value is -0.600. The first-order chi connectivity index (χ1) is 8.03. The number of benzene rings is 1. The minimum Gasteiger partial charge on any atom is -0.312 e. The van der Waals surface area contributed by atoms with Crippen LogP contribution in [-0.2, 0) is 6.54 Å². The summed E-state index contributed by atoms with van der Waals surface area (Å²) in [5.41, 5.74) is 1.15. The molecule has 1 aliphatic rings. The zero-order valence-corrected chi connectivity index (χ0v) is 11.1. The third-order valence-electron chi connectivity index (χ3n) is 3.92. The van der Waals surface area contributed by atoms with E-state index in [1.165, 1.54) is 18.9 Å². The highest BCUT2D eigenvalue weighted by molar-refractivity contribution is 6.30. The van der Waals surface area contributed by atoms with Crippen LogP contribution < -0.4 is 5.32 Å². The minimum absolute atomic E-state index is 0.223. The molecule has 0 unspecified atom stereocenters. The van der Waals surface area contributed by atoms with Crippen molar-refractivity contribution >= 4 is 11.6 Å². The third-order valence-corrected chi connectivity index (χ3v) is 4.16. The van der Waals surface area contributed by atoms with Gasteiger partial charge in [0.1, 0.15) is 5.82 Å². The van der Waals surface area contributed by atoms with Gasteiger partial charge in [-0.05, 0) is 36.3 Å². The summed E-state index contributed by atoms with van der Waals surface area (Å²) in [6.45, 7) is 6.08. The van der Waals surface area contributed by atoms with Crippen molar-refractivity contribution in [3.63, 3.8) is 0 Å². The molecule has 0 spiro atoms. The molecule has 2 rings (SSSR count). The molecule has 1 N–H and O–H groups in total. The maximum absolute atomic E-state index is 13.5. The lowest BCUT2D eigenvalue weighted by Gasteiger charge is -2.20. The van der Waals surface area contributed by atoms with E-state index in [1.807, 2.05) is 0 Å². The van der Waals surface area contributed by atoms with Crippen LogP contribution in [0.3, 0.4) is 0 Å². The number of halogens is 2. The Morgan fingerprint density at radius 1 is 1.41 bits per heavy atom. The van der Waals surface area contributed by atoms with Crippen molar-refractivity contribution in [3.8, 4) is 0 Å². The predicted molar refractivity (Wildman–Crippen MR) is 69.6 cm³/mol. The second-order valence-corrected chi connectivity index (χ2v) is 5.79. The Morgan fingerprint density at radius 2 is 2.12 bits per heavy atom. The van der Waals surface area contributed by atoms with Crippen molar-refractivity contribution in [1.29, 1.82) is 0 Å². The fourth-order valence-corrected chi connectivity index (χ4v) is 2.39. The number of rotatable bonds is 5. The van der Waals surface area contributed by atoms with Gasteiger partial charge < -0.3 is 5.32 Å². The molecule has 1 nitrogen and oxygen atoms in total. The van der Waals surface area contributed by atoms with Crippen LogP contribution in [0.1, 0.15) is 32.3 Å². The monoisotopic (exact) mass is 255 g/mol. The molecule has 1 saturated carbocycles. The Kier molecular flexibility index (Phi) is 3.74. The summed E-state index contributed by atoms with van der Waals surface area (Å²) in [5, 5.41) is 3.81. The van der Waals surface area contributed by atoms with Crippen LogP contribution >= 0.6 is 11.6 Å². The first-order valence-corrected chi connectivity index (χ1v) is 6.56. The summed E-state index contributed by atoms with van der Waals surface area (Å²) >= 11 is 5.71. The molecule has 0 aliphatic heterocycles. The second-order valence-electron chi connectivity index (χ2n) is 5.36. The highest BCUT2D eigenvalue weighted by atomic mass is 35.5. The second kappa shape index (κ2) is 4.95. The quantitative estimate of drug-likeness (QED) is 0.839. The lowest BCUT2D eigenvalue weighted by atomic mass is 9.92. The molecule has 0 amide bonds. The first-order valence-electron chi connectivity index (χ1n) is 6.18. The van der Waals surface area contributed by atoms with Gasteiger partial charge in [-0.25, -0.2) is 4.39 Å². The molecule has 0 heterocycles. The molecule has 1 aromatic rings. The highest BCUT2D eigenvalue weighted by Gasteiger charge is 2.44. The highest BCUT2D eigenvalue weighted by Crippen LogP contribution is 2.51. The predicted octanol–water partition coefficient (Wildman–Crippen LogP) is 4.00. The van der Waals surface area contributed by atoms with Crippen molar-refractivity contribution in [1.82, 2.24) is 5.32 Å². The maximum atomic E-state index is 13.5. The Labute approximate surface area is 107 Å². The smallest absolute Gasteiger partial charge is 0.129 e. The van der Waals surface area contributed by atoms with Crippen LogP contribution in [-0.4, -0.2) is 6.54 Å². The van der Waals surface area contributed by atoms with Crippen LogP contribution in [0.15, 0.2) is 18.2 Å². The van der Waals surface area contributed by atoms with Crippen molar-refractivity contribution in [2.75, 3.05) is 6.54 Å². The summed E-state index contributed by atoms with van der Waals surface area (Å²) in [5.74, 6) is 0.476. The van der Waals surface area contributed by atoms with Crippen molar-refractivity contribution in [3.05, 3.63) is 34.6 Å².